The fourth-order valence-electron chi connectivity index (χ4n) is 2.76. The van der Waals surface area contributed by atoms with E-state index in [1.165, 1.54) is 18.4 Å². The molecule has 1 N–H and O–H groups in total. The first kappa shape index (κ1) is 15.7. The van der Waals surface area contributed by atoms with E-state index in [1.807, 2.05) is 12.3 Å². The van der Waals surface area contributed by atoms with Crippen molar-refractivity contribution < 1.29 is 19.1 Å². The highest BCUT2D eigenvalue weighted by atomic mass is 32.1. The summed E-state index contributed by atoms with van der Waals surface area (Å²) >= 11 is 1.46. The summed E-state index contributed by atoms with van der Waals surface area (Å²) in [6.45, 7) is 2.42. The molecule has 122 valence electrons. The van der Waals surface area contributed by atoms with Gasteiger partial charge in [-0.1, -0.05) is 6.92 Å². The molecule has 1 aliphatic rings. The van der Waals surface area contributed by atoms with Gasteiger partial charge in [0.1, 0.15) is 12.1 Å². The molecule has 1 amide bonds. The maximum absolute atomic E-state index is 11.7. The number of fused-ring (bicyclic) bond motifs is 1. The minimum Gasteiger partial charge on any atom is -0.488 e. The Labute approximate surface area is 137 Å². The van der Waals surface area contributed by atoms with Crippen molar-refractivity contribution in [2.24, 2.45) is 5.92 Å². The lowest BCUT2D eigenvalue weighted by molar-refractivity contribution is -0.122. The van der Waals surface area contributed by atoms with Crippen LogP contribution in [-0.4, -0.2) is 36.9 Å². The number of amides is 1. The van der Waals surface area contributed by atoms with Crippen molar-refractivity contribution in [2.45, 2.75) is 25.8 Å². The van der Waals surface area contributed by atoms with Gasteiger partial charge in [-0.3, -0.25) is 9.59 Å². The molecule has 1 aliphatic heterocycles. The Hall–Kier alpha value is -2.15. The van der Waals surface area contributed by atoms with E-state index < -0.39 is 0 Å². The Bertz CT molecular complexity index is 743. The van der Waals surface area contributed by atoms with Gasteiger partial charge in [0.25, 0.3) is 0 Å². The number of pyridine rings is 1. The second-order valence-corrected chi connectivity index (χ2v) is 6.42. The van der Waals surface area contributed by atoms with E-state index in [-0.39, 0.29) is 23.7 Å². The summed E-state index contributed by atoms with van der Waals surface area (Å²) in [5.74, 6) is 1.12. The summed E-state index contributed by atoms with van der Waals surface area (Å²) in [6.07, 6.45) is 2.37. The molecule has 0 spiro atoms. The molecule has 7 heteroatoms. The van der Waals surface area contributed by atoms with E-state index in [4.69, 9.17) is 9.47 Å². The van der Waals surface area contributed by atoms with Crippen molar-refractivity contribution in [2.75, 3.05) is 13.7 Å². The number of hydrogen-bond donors (Lipinski definition) is 1. The fraction of sp³-hybridized carbons (Fsp3) is 0.438. The van der Waals surface area contributed by atoms with Crippen LogP contribution in [0.25, 0.3) is 10.2 Å². The molecule has 0 saturated carbocycles. The third-order valence-electron chi connectivity index (χ3n) is 4.05. The first-order chi connectivity index (χ1) is 11.2. The lowest BCUT2D eigenvalue weighted by Crippen LogP contribution is -2.31. The average Bonchev–Trinajstić information content (AvgIpc) is 3.13. The van der Waals surface area contributed by atoms with Gasteiger partial charge in [0, 0.05) is 11.3 Å². The zero-order chi connectivity index (χ0) is 16.4. The van der Waals surface area contributed by atoms with E-state index in [0.29, 0.717) is 23.4 Å². The number of thiophene rings is 1. The monoisotopic (exact) mass is 334 g/mol. The van der Waals surface area contributed by atoms with Gasteiger partial charge in [-0.15, -0.1) is 11.3 Å². The van der Waals surface area contributed by atoms with Crippen LogP contribution in [0.2, 0.25) is 0 Å². The van der Waals surface area contributed by atoms with E-state index in [9.17, 15) is 9.59 Å². The van der Waals surface area contributed by atoms with Crippen molar-refractivity contribution >= 4 is 33.7 Å². The smallest absolute Gasteiger partial charge is 0.224 e. The molecule has 6 nitrogen and oxygen atoms in total. The summed E-state index contributed by atoms with van der Waals surface area (Å²) in [5.41, 5.74) is 1.09. The zero-order valence-electron chi connectivity index (χ0n) is 13.0. The van der Waals surface area contributed by atoms with Crippen molar-refractivity contribution in [3.63, 3.8) is 0 Å². The van der Waals surface area contributed by atoms with Crippen LogP contribution in [0.3, 0.4) is 0 Å². The van der Waals surface area contributed by atoms with E-state index in [2.05, 4.69) is 10.3 Å². The van der Waals surface area contributed by atoms with Crippen LogP contribution in [0.15, 0.2) is 11.4 Å². The number of carbonyl (C=O) groups is 2. The molecule has 0 aliphatic carbocycles. The minimum atomic E-state index is 0.0264. The maximum atomic E-state index is 11.7. The first-order valence-corrected chi connectivity index (χ1v) is 8.38. The molecule has 3 rings (SSSR count). The normalized spacial score (nSPS) is 20.5. The summed E-state index contributed by atoms with van der Waals surface area (Å²) in [5, 5.41) is 4.82. The Morgan fingerprint density at radius 1 is 1.52 bits per heavy atom. The minimum absolute atomic E-state index is 0.0264. The average molecular weight is 334 g/mol. The number of aldehydes is 1. The summed E-state index contributed by atoms with van der Waals surface area (Å²) in [7, 11) is 1.48. The topological polar surface area (TPSA) is 77.5 Å². The summed E-state index contributed by atoms with van der Waals surface area (Å²) < 4.78 is 11.9. The van der Waals surface area contributed by atoms with Crippen LogP contribution in [0, 0.1) is 5.92 Å². The molecule has 2 unspecified atom stereocenters. The lowest BCUT2D eigenvalue weighted by atomic mass is 10.0. The molecule has 23 heavy (non-hydrogen) atoms. The van der Waals surface area contributed by atoms with Crippen LogP contribution < -0.4 is 14.8 Å². The number of hydrogen-bond acceptors (Lipinski definition) is 6. The van der Waals surface area contributed by atoms with E-state index >= 15 is 0 Å². The molecule has 0 bridgehead atoms. The second-order valence-electron chi connectivity index (χ2n) is 5.51. The standard InChI is InChI=1S/C16H18N2O4S/c1-3-9-4-11(17-15(9)20)7-22-12-8-23-13-5-10(6-19)16(21-2)18-14(12)13/h5-6,8-9,11H,3-4,7H2,1-2H3,(H,17,20). The largest absolute Gasteiger partial charge is 0.488 e. The molecular weight excluding hydrogens is 316 g/mol. The number of nitrogens with zero attached hydrogens (tertiary/aromatic N) is 1. The van der Waals surface area contributed by atoms with Crippen molar-refractivity contribution in [1.29, 1.82) is 0 Å². The molecule has 2 atom stereocenters. The Morgan fingerprint density at radius 3 is 3.00 bits per heavy atom. The predicted molar refractivity (Wildman–Crippen MR) is 87.4 cm³/mol. The molecule has 0 radical (unpaired) electrons. The van der Waals surface area contributed by atoms with Gasteiger partial charge < -0.3 is 14.8 Å². The van der Waals surface area contributed by atoms with Gasteiger partial charge in [-0.2, -0.15) is 0 Å². The van der Waals surface area contributed by atoms with Crippen molar-refractivity contribution in [3.05, 3.63) is 17.0 Å². The Morgan fingerprint density at radius 2 is 2.35 bits per heavy atom. The van der Waals surface area contributed by atoms with Crippen LogP contribution in [0.1, 0.15) is 30.1 Å². The number of nitrogens with one attached hydrogen (secondary N) is 1. The molecule has 3 heterocycles. The van der Waals surface area contributed by atoms with Crippen molar-refractivity contribution in [1.82, 2.24) is 10.3 Å². The molecule has 1 fully saturated rings. The van der Waals surface area contributed by atoms with Crippen LogP contribution >= 0.6 is 11.3 Å². The van der Waals surface area contributed by atoms with Gasteiger partial charge in [0.2, 0.25) is 11.8 Å². The van der Waals surface area contributed by atoms with Crippen LogP contribution in [0.5, 0.6) is 11.6 Å². The summed E-state index contributed by atoms with van der Waals surface area (Å²) in [4.78, 5) is 27.1. The van der Waals surface area contributed by atoms with Gasteiger partial charge in [-0.25, -0.2) is 4.98 Å². The molecule has 0 aromatic carbocycles. The maximum Gasteiger partial charge on any atom is 0.224 e. The van der Waals surface area contributed by atoms with Gasteiger partial charge >= 0.3 is 0 Å². The third-order valence-corrected chi connectivity index (χ3v) is 4.94. The SMILES string of the molecule is CCC1CC(COc2csc3cc(C=O)c(OC)nc23)NC1=O. The highest BCUT2D eigenvalue weighted by Gasteiger charge is 2.30. The Kier molecular flexibility index (Phi) is 4.47. The molecule has 1 saturated heterocycles. The van der Waals surface area contributed by atoms with Crippen LogP contribution in [-0.2, 0) is 4.79 Å². The molecular formula is C16H18N2O4S. The molecule has 2 aromatic rings. The highest BCUT2D eigenvalue weighted by Crippen LogP contribution is 2.34. The number of methoxy groups -OCH3 is 1. The number of rotatable bonds is 6. The first-order valence-electron chi connectivity index (χ1n) is 7.50. The number of carbonyl (C=O) groups excluding carboxylic acids is 2. The zero-order valence-corrected chi connectivity index (χ0v) is 13.8. The number of ether oxygens (including phenoxy) is 2. The summed E-state index contributed by atoms with van der Waals surface area (Å²) in [6, 6.07) is 1.77. The van der Waals surface area contributed by atoms with Gasteiger partial charge in [0.15, 0.2) is 12.0 Å². The van der Waals surface area contributed by atoms with E-state index in [0.717, 1.165) is 23.8 Å². The predicted octanol–water partition coefficient (Wildman–Crippen LogP) is 2.41. The highest BCUT2D eigenvalue weighted by molar-refractivity contribution is 7.17. The van der Waals surface area contributed by atoms with Gasteiger partial charge in [-0.05, 0) is 18.9 Å². The van der Waals surface area contributed by atoms with Crippen LogP contribution in [0.4, 0.5) is 0 Å². The Balaban J connectivity index is 1.76. The van der Waals surface area contributed by atoms with Crippen molar-refractivity contribution in [3.8, 4) is 11.6 Å². The molecule has 2 aromatic heterocycles. The fourth-order valence-corrected chi connectivity index (χ4v) is 3.63. The quantitative estimate of drug-likeness (QED) is 0.821. The third kappa shape index (κ3) is 3.01. The van der Waals surface area contributed by atoms with Gasteiger partial charge in [0.05, 0.1) is 23.4 Å². The second kappa shape index (κ2) is 6.54. The lowest BCUT2D eigenvalue weighted by Gasteiger charge is -2.11. The van der Waals surface area contributed by atoms with E-state index in [1.54, 1.807) is 6.07 Å². The number of aromatic nitrogens is 1.